The maximum absolute atomic E-state index is 13.7. The number of alkyl carbamates (subject to hydrolysis) is 1. The molecule has 0 saturated carbocycles. The summed E-state index contributed by atoms with van der Waals surface area (Å²) in [7, 11) is 0. The normalized spacial score (nSPS) is 12.8. The van der Waals surface area contributed by atoms with Crippen LogP contribution < -0.4 is 5.32 Å². The lowest BCUT2D eigenvalue weighted by atomic mass is 9.94. The summed E-state index contributed by atoms with van der Waals surface area (Å²) >= 11 is 0. The van der Waals surface area contributed by atoms with E-state index in [0.29, 0.717) is 16.7 Å². The van der Waals surface area contributed by atoms with E-state index in [1.807, 2.05) is 32.0 Å². The molecule has 0 aliphatic carbocycles. The molecule has 35 heavy (non-hydrogen) atoms. The van der Waals surface area contributed by atoms with E-state index in [2.05, 4.69) is 5.32 Å². The van der Waals surface area contributed by atoms with Gasteiger partial charge in [-0.15, -0.1) is 0 Å². The van der Waals surface area contributed by atoms with E-state index in [1.165, 1.54) is 0 Å². The minimum atomic E-state index is -1.33. The van der Waals surface area contributed by atoms with Gasteiger partial charge in [-0.2, -0.15) is 0 Å². The Morgan fingerprint density at radius 3 is 2.00 bits per heavy atom. The van der Waals surface area contributed by atoms with Gasteiger partial charge in [-0.3, -0.25) is 4.79 Å². The molecule has 0 aliphatic heterocycles. The minimum Gasteiger partial charge on any atom is -0.448 e. The fraction of sp³-hybridized carbons (Fsp3) is 0.276. The summed E-state index contributed by atoms with van der Waals surface area (Å²) in [4.78, 5) is 39.6. The highest BCUT2D eigenvalue weighted by molar-refractivity contribution is 6.02. The van der Waals surface area contributed by atoms with Crippen molar-refractivity contribution in [1.29, 1.82) is 0 Å². The van der Waals surface area contributed by atoms with E-state index in [9.17, 15) is 14.4 Å². The zero-order valence-electron chi connectivity index (χ0n) is 20.7. The molecule has 3 rings (SSSR count). The van der Waals surface area contributed by atoms with Crippen molar-refractivity contribution in [3.8, 4) is 0 Å². The molecule has 0 radical (unpaired) electrons. The van der Waals surface area contributed by atoms with Crippen LogP contribution in [0.25, 0.3) is 0 Å². The van der Waals surface area contributed by atoms with Crippen molar-refractivity contribution in [2.45, 2.75) is 52.4 Å². The molecule has 0 aliphatic rings. The number of hydrogen-bond acceptors (Lipinski definition) is 5. The molecule has 1 amide bonds. The zero-order chi connectivity index (χ0) is 25.6. The van der Waals surface area contributed by atoms with Crippen LogP contribution >= 0.6 is 0 Å². The van der Waals surface area contributed by atoms with Crippen LogP contribution in [-0.2, 0) is 9.47 Å². The lowest BCUT2D eigenvalue weighted by molar-refractivity contribution is 0.0149. The number of Topliss-reactive ketones (excluding diaryl/α,β-unsaturated/α-hetero) is 1. The molecule has 3 aromatic carbocycles. The molecule has 0 aromatic heterocycles. The lowest BCUT2D eigenvalue weighted by Crippen LogP contribution is -2.44. The summed E-state index contributed by atoms with van der Waals surface area (Å²) in [5.74, 6) is -1.10. The number of esters is 1. The van der Waals surface area contributed by atoms with E-state index in [1.54, 1.807) is 81.4 Å². The first kappa shape index (κ1) is 25.7. The van der Waals surface area contributed by atoms with Crippen molar-refractivity contribution in [3.05, 3.63) is 107 Å². The third-order valence-electron chi connectivity index (χ3n) is 5.22. The van der Waals surface area contributed by atoms with Crippen LogP contribution in [0.1, 0.15) is 64.2 Å². The Hall–Kier alpha value is -3.93. The van der Waals surface area contributed by atoms with Crippen molar-refractivity contribution < 1.29 is 23.9 Å². The van der Waals surface area contributed by atoms with Crippen LogP contribution in [0.5, 0.6) is 0 Å². The predicted octanol–water partition coefficient (Wildman–Crippen LogP) is 5.98. The van der Waals surface area contributed by atoms with E-state index in [0.717, 1.165) is 11.1 Å². The Bertz CT molecular complexity index is 1180. The van der Waals surface area contributed by atoms with Crippen LogP contribution in [0.15, 0.2) is 78.9 Å². The van der Waals surface area contributed by atoms with Gasteiger partial charge in [-0.25, -0.2) is 9.59 Å². The quantitative estimate of drug-likeness (QED) is 0.337. The molecule has 0 fully saturated rings. The van der Waals surface area contributed by atoms with Crippen molar-refractivity contribution in [3.63, 3.8) is 0 Å². The Morgan fingerprint density at radius 2 is 1.40 bits per heavy atom. The maximum atomic E-state index is 13.7. The molecule has 1 N–H and O–H groups in total. The molecule has 6 heteroatoms. The van der Waals surface area contributed by atoms with Crippen LogP contribution in [-0.4, -0.2) is 29.6 Å². The van der Waals surface area contributed by atoms with Crippen LogP contribution in [0.2, 0.25) is 0 Å². The summed E-state index contributed by atoms with van der Waals surface area (Å²) < 4.78 is 11.3. The van der Waals surface area contributed by atoms with Gasteiger partial charge in [0.05, 0.1) is 5.56 Å². The second-order valence-electron chi connectivity index (χ2n) is 9.46. The zero-order valence-corrected chi connectivity index (χ0v) is 20.7. The second kappa shape index (κ2) is 11.0. The molecule has 2 atom stereocenters. The van der Waals surface area contributed by atoms with Crippen LogP contribution in [0.4, 0.5) is 4.79 Å². The number of rotatable bonds is 7. The molecular formula is C29H31NO5. The number of ether oxygens (including phenoxy) is 2. The van der Waals surface area contributed by atoms with Gasteiger partial charge in [0.2, 0.25) is 5.78 Å². The summed E-state index contributed by atoms with van der Waals surface area (Å²) in [6, 6.07) is 21.8. The number of ketones is 1. The van der Waals surface area contributed by atoms with E-state index < -0.39 is 35.6 Å². The largest absolute Gasteiger partial charge is 0.448 e. The molecule has 0 spiro atoms. The van der Waals surface area contributed by atoms with E-state index >= 15 is 0 Å². The monoisotopic (exact) mass is 473 g/mol. The summed E-state index contributed by atoms with van der Waals surface area (Å²) in [5.41, 5.74) is 2.42. The van der Waals surface area contributed by atoms with Crippen molar-refractivity contribution in [1.82, 2.24) is 5.32 Å². The Kier molecular flexibility index (Phi) is 8.07. The number of aryl methyl sites for hydroxylation is 2. The van der Waals surface area contributed by atoms with Crippen LogP contribution in [0.3, 0.4) is 0 Å². The maximum Gasteiger partial charge on any atom is 0.408 e. The smallest absolute Gasteiger partial charge is 0.408 e. The summed E-state index contributed by atoms with van der Waals surface area (Å²) in [5, 5.41) is 2.77. The number of benzene rings is 3. The second-order valence-corrected chi connectivity index (χ2v) is 9.46. The average molecular weight is 474 g/mol. The summed E-state index contributed by atoms with van der Waals surface area (Å²) in [6.07, 6.45) is -2.05. The van der Waals surface area contributed by atoms with Gasteiger partial charge in [-0.1, -0.05) is 77.9 Å². The first-order chi connectivity index (χ1) is 16.5. The Labute approximate surface area is 206 Å². The van der Waals surface area contributed by atoms with Crippen molar-refractivity contribution in [2.24, 2.45) is 0 Å². The molecule has 0 saturated heterocycles. The Morgan fingerprint density at radius 1 is 0.771 bits per heavy atom. The highest BCUT2D eigenvalue weighted by Gasteiger charge is 2.36. The first-order valence-corrected chi connectivity index (χ1v) is 11.5. The molecule has 3 aromatic rings. The molecular weight excluding hydrogens is 442 g/mol. The molecule has 2 unspecified atom stereocenters. The van der Waals surface area contributed by atoms with Gasteiger partial charge < -0.3 is 14.8 Å². The van der Waals surface area contributed by atoms with Gasteiger partial charge in [0, 0.05) is 5.56 Å². The highest BCUT2D eigenvalue weighted by atomic mass is 16.6. The fourth-order valence-corrected chi connectivity index (χ4v) is 3.54. The third kappa shape index (κ3) is 7.27. The van der Waals surface area contributed by atoms with Gasteiger partial charge in [0.25, 0.3) is 0 Å². The predicted molar refractivity (Wildman–Crippen MR) is 134 cm³/mol. The molecule has 182 valence electrons. The lowest BCUT2D eigenvalue weighted by Gasteiger charge is -2.29. The number of nitrogens with one attached hydrogen (secondary N) is 1. The molecule has 0 bridgehead atoms. The number of hydrogen-bond donors (Lipinski definition) is 1. The Balaban J connectivity index is 2.04. The molecule has 6 nitrogen and oxygen atoms in total. The van der Waals surface area contributed by atoms with E-state index in [4.69, 9.17) is 9.47 Å². The minimum absolute atomic E-state index is 0.316. The summed E-state index contributed by atoms with van der Waals surface area (Å²) in [6.45, 7) is 9.04. The van der Waals surface area contributed by atoms with E-state index in [-0.39, 0.29) is 0 Å². The van der Waals surface area contributed by atoms with Gasteiger partial charge in [0.1, 0.15) is 11.6 Å². The number of amides is 1. The van der Waals surface area contributed by atoms with Gasteiger partial charge in [0.15, 0.2) is 6.10 Å². The molecule has 0 heterocycles. The standard InChI is InChI=1S/C29H31NO5/c1-19-14-16-21(17-15-19)24(30-28(33)35-29(3,4)5)26(25(31)22-11-7-6-8-12-22)34-27(32)23-13-9-10-20(2)18-23/h6-18,24,26H,1-5H3,(H,30,33). The highest BCUT2D eigenvalue weighted by Crippen LogP contribution is 2.25. The van der Waals surface area contributed by atoms with Crippen LogP contribution in [0, 0.1) is 13.8 Å². The number of carbonyl (C=O) groups is 3. The number of carbonyl (C=O) groups excluding carboxylic acids is 3. The average Bonchev–Trinajstić information content (AvgIpc) is 2.81. The SMILES string of the molecule is Cc1ccc(C(NC(=O)OC(C)(C)C)C(OC(=O)c2cccc(C)c2)C(=O)c2ccccc2)cc1. The van der Waals surface area contributed by atoms with Gasteiger partial charge >= 0.3 is 12.1 Å². The fourth-order valence-electron chi connectivity index (χ4n) is 3.54. The first-order valence-electron chi connectivity index (χ1n) is 11.5. The topological polar surface area (TPSA) is 81.7 Å². The van der Waals surface area contributed by atoms with Crippen molar-refractivity contribution >= 4 is 17.8 Å². The van der Waals surface area contributed by atoms with Crippen molar-refractivity contribution in [2.75, 3.05) is 0 Å². The third-order valence-corrected chi connectivity index (χ3v) is 5.22. The van der Waals surface area contributed by atoms with Gasteiger partial charge in [-0.05, 0) is 52.3 Å².